The van der Waals surface area contributed by atoms with E-state index in [0.717, 1.165) is 5.57 Å². The molecule has 0 heterocycles. The van der Waals surface area contributed by atoms with E-state index >= 15 is 0 Å². The summed E-state index contributed by atoms with van der Waals surface area (Å²) < 4.78 is 14.7. The molecular weight excluding hydrogens is 349 g/mol. The minimum Gasteiger partial charge on any atom is -0.312 e. The van der Waals surface area contributed by atoms with Crippen LogP contribution in [0.4, 0.5) is 10.1 Å². The van der Waals surface area contributed by atoms with E-state index in [2.05, 4.69) is 22.5 Å². The smallest absolute Gasteiger partial charge is 0.237 e. The second-order valence-corrected chi connectivity index (χ2v) is 6.86. The van der Waals surface area contributed by atoms with Gasteiger partial charge in [-0.05, 0) is 37.1 Å². The topological polar surface area (TPSA) is 37.4 Å². The number of carbonyl (C=O) groups is 2. The van der Waals surface area contributed by atoms with Crippen LogP contribution in [-0.4, -0.2) is 18.7 Å². The molecule has 1 aromatic rings. The van der Waals surface area contributed by atoms with Gasteiger partial charge in [0.1, 0.15) is 5.82 Å². The van der Waals surface area contributed by atoms with Crippen molar-refractivity contribution in [2.45, 2.75) is 12.8 Å². The third-order valence-electron chi connectivity index (χ3n) is 4.52. The van der Waals surface area contributed by atoms with Gasteiger partial charge in [0.25, 0.3) is 0 Å². The Morgan fingerprint density at radius 2 is 2.23 bits per heavy atom. The minimum atomic E-state index is -0.774. The lowest BCUT2D eigenvalue weighted by Gasteiger charge is -2.31. The highest BCUT2D eigenvalue weighted by molar-refractivity contribution is 9.10. The number of nitrogens with zero attached hydrogens (tertiary/aromatic N) is 1. The molecule has 22 heavy (non-hydrogen) atoms. The molecule has 0 N–H and O–H groups in total. The average Bonchev–Trinajstić information content (AvgIpc) is 2.76. The number of rotatable bonds is 2. The molecule has 3 nitrogen and oxygen atoms in total. The predicted octanol–water partition coefficient (Wildman–Crippen LogP) is 3.64. The van der Waals surface area contributed by atoms with E-state index in [1.54, 1.807) is 25.3 Å². The molecule has 0 spiro atoms. The first-order chi connectivity index (χ1) is 10.3. The molecule has 114 valence electrons. The molecule has 1 aromatic carbocycles. The molecule has 1 amide bonds. The van der Waals surface area contributed by atoms with Gasteiger partial charge in [0.15, 0.2) is 5.78 Å². The first-order valence-electron chi connectivity index (χ1n) is 6.98. The van der Waals surface area contributed by atoms with E-state index in [4.69, 9.17) is 0 Å². The maximum Gasteiger partial charge on any atom is 0.237 e. The highest BCUT2D eigenvalue weighted by Gasteiger charge is 2.51. The van der Waals surface area contributed by atoms with E-state index in [0.29, 0.717) is 17.3 Å². The lowest BCUT2D eigenvalue weighted by Crippen LogP contribution is -2.41. The van der Waals surface area contributed by atoms with Crippen LogP contribution < -0.4 is 4.90 Å². The van der Waals surface area contributed by atoms with Crippen LogP contribution in [0.3, 0.4) is 0 Å². The number of hydrogen-bond acceptors (Lipinski definition) is 2. The minimum absolute atomic E-state index is 0.00315. The second kappa shape index (κ2) is 5.16. The Balaban J connectivity index is 1.95. The van der Waals surface area contributed by atoms with Crippen molar-refractivity contribution in [3.63, 3.8) is 0 Å². The number of carbonyl (C=O) groups excluding carboxylic acids is 2. The average molecular weight is 364 g/mol. The van der Waals surface area contributed by atoms with Crippen LogP contribution in [0.2, 0.25) is 0 Å². The zero-order chi connectivity index (χ0) is 16.1. The fourth-order valence-corrected chi connectivity index (χ4v) is 3.66. The zero-order valence-electron chi connectivity index (χ0n) is 12.1. The van der Waals surface area contributed by atoms with Gasteiger partial charge in [-0.25, -0.2) is 4.39 Å². The van der Waals surface area contributed by atoms with Crippen molar-refractivity contribution in [3.05, 3.63) is 52.8 Å². The summed E-state index contributed by atoms with van der Waals surface area (Å²) in [5.74, 6) is -0.951. The van der Waals surface area contributed by atoms with Gasteiger partial charge in [0.05, 0.1) is 11.1 Å². The summed E-state index contributed by atoms with van der Waals surface area (Å²) in [7, 11) is 1.56. The van der Waals surface area contributed by atoms with Crippen molar-refractivity contribution in [3.8, 4) is 0 Å². The zero-order valence-corrected chi connectivity index (χ0v) is 13.7. The molecule has 2 atom stereocenters. The number of hydrogen-bond donors (Lipinski definition) is 0. The van der Waals surface area contributed by atoms with Gasteiger partial charge in [-0.15, -0.1) is 0 Å². The van der Waals surface area contributed by atoms with Crippen LogP contribution in [0.1, 0.15) is 12.8 Å². The summed E-state index contributed by atoms with van der Waals surface area (Å²) in [5.41, 5.74) is 0.235. The third kappa shape index (κ3) is 2.24. The lowest BCUT2D eigenvalue weighted by molar-refractivity contribution is -0.126. The van der Waals surface area contributed by atoms with E-state index in [-0.39, 0.29) is 23.3 Å². The van der Waals surface area contributed by atoms with Crippen LogP contribution in [0, 0.1) is 17.2 Å². The molecule has 0 aliphatic heterocycles. The second-order valence-electron chi connectivity index (χ2n) is 5.94. The monoisotopic (exact) mass is 363 g/mol. The fourth-order valence-electron chi connectivity index (χ4n) is 3.33. The van der Waals surface area contributed by atoms with E-state index in [1.807, 2.05) is 0 Å². The van der Waals surface area contributed by atoms with Gasteiger partial charge in [0.2, 0.25) is 5.91 Å². The largest absolute Gasteiger partial charge is 0.312 e. The predicted molar refractivity (Wildman–Crippen MR) is 86.0 cm³/mol. The first kappa shape index (κ1) is 15.2. The Morgan fingerprint density at radius 1 is 1.50 bits per heavy atom. The molecule has 2 aliphatic rings. The van der Waals surface area contributed by atoms with Crippen LogP contribution in [0.5, 0.6) is 0 Å². The van der Waals surface area contributed by atoms with Crippen LogP contribution in [0.25, 0.3) is 0 Å². The number of ketones is 1. The van der Waals surface area contributed by atoms with Gasteiger partial charge < -0.3 is 4.90 Å². The number of fused-ring (bicyclic) bond motifs is 2. The van der Waals surface area contributed by atoms with Crippen molar-refractivity contribution in [2.75, 3.05) is 11.9 Å². The Morgan fingerprint density at radius 3 is 2.91 bits per heavy atom. The van der Waals surface area contributed by atoms with Gasteiger partial charge in [-0.1, -0.05) is 34.2 Å². The van der Waals surface area contributed by atoms with Crippen molar-refractivity contribution in [2.24, 2.45) is 11.3 Å². The van der Waals surface area contributed by atoms with Crippen molar-refractivity contribution in [1.29, 1.82) is 0 Å². The first-order valence-corrected chi connectivity index (χ1v) is 7.77. The van der Waals surface area contributed by atoms with Crippen molar-refractivity contribution < 1.29 is 14.0 Å². The molecule has 5 heteroatoms. The fraction of sp³-hybridized carbons (Fsp3) is 0.294. The van der Waals surface area contributed by atoms with Crippen molar-refractivity contribution in [1.82, 2.24) is 0 Å². The Bertz CT molecular complexity index is 727. The highest BCUT2D eigenvalue weighted by Crippen LogP contribution is 2.50. The molecule has 0 saturated heterocycles. The maximum absolute atomic E-state index is 14.1. The summed E-state index contributed by atoms with van der Waals surface area (Å²) in [6, 6.07) is 4.58. The Hall–Kier alpha value is -1.75. The quantitative estimate of drug-likeness (QED) is 0.752. The van der Waals surface area contributed by atoms with Gasteiger partial charge in [-0.2, -0.15) is 0 Å². The Labute approximate surface area is 136 Å². The summed E-state index contributed by atoms with van der Waals surface area (Å²) >= 11 is 3.20. The summed E-state index contributed by atoms with van der Waals surface area (Å²) in [5, 5.41) is 0. The number of benzene rings is 1. The number of allylic oxidation sites excluding steroid dienone is 2. The van der Waals surface area contributed by atoms with Crippen LogP contribution in [-0.2, 0) is 9.59 Å². The molecule has 0 aromatic heterocycles. The van der Waals surface area contributed by atoms with Gasteiger partial charge in [0, 0.05) is 17.4 Å². The van der Waals surface area contributed by atoms with Crippen LogP contribution >= 0.6 is 15.9 Å². The van der Waals surface area contributed by atoms with Crippen molar-refractivity contribution >= 4 is 33.3 Å². The third-order valence-corrected chi connectivity index (χ3v) is 5.01. The lowest BCUT2D eigenvalue weighted by atomic mass is 9.79. The molecule has 0 radical (unpaired) electrons. The van der Waals surface area contributed by atoms with E-state index < -0.39 is 11.2 Å². The number of amides is 1. The molecular formula is C17H15BrFNO2. The molecule has 2 aliphatic carbocycles. The number of anilines is 1. The van der Waals surface area contributed by atoms with E-state index in [9.17, 15) is 14.0 Å². The summed E-state index contributed by atoms with van der Waals surface area (Å²) in [4.78, 5) is 26.1. The summed E-state index contributed by atoms with van der Waals surface area (Å²) in [6.07, 6.45) is 4.01. The molecule has 2 bridgehead atoms. The molecule has 3 rings (SSSR count). The van der Waals surface area contributed by atoms with Crippen LogP contribution in [0.15, 0.2) is 47.0 Å². The van der Waals surface area contributed by atoms with E-state index in [1.165, 1.54) is 17.0 Å². The summed E-state index contributed by atoms with van der Waals surface area (Å²) in [6.45, 7) is 3.92. The normalized spacial score (nSPS) is 26.4. The Kier molecular flexibility index (Phi) is 3.56. The van der Waals surface area contributed by atoms with Gasteiger partial charge >= 0.3 is 0 Å². The molecule has 1 saturated carbocycles. The number of halogens is 2. The standard InChI is InChI=1S/C17H15BrFNO2/c1-10-8-17(6-5-15(21)12(10)9-17)16(22)20(2)14-4-3-11(18)7-13(14)19/h3-7,12H,1,8-9H2,2H3/t12-,17+/m1/s1. The SMILES string of the molecule is C=C1C[C@@]2(C(=O)N(C)c3ccc(Br)cc3F)C=CC(=O)[C@@H]1C2. The highest BCUT2D eigenvalue weighted by atomic mass is 79.9. The van der Waals surface area contributed by atoms with Gasteiger partial charge in [-0.3, -0.25) is 9.59 Å². The molecule has 0 unspecified atom stereocenters. The molecule has 1 fully saturated rings. The maximum atomic E-state index is 14.1.